The van der Waals surface area contributed by atoms with Gasteiger partial charge in [-0.05, 0) is 31.5 Å². The normalized spacial score (nSPS) is 19.6. The third kappa shape index (κ3) is 3.27. The molecule has 0 saturated carbocycles. The molecule has 0 aliphatic carbocycles. The summed E-state index contributed by atoms with van der Waals surface area (Å²) in [5, 5.41) is 3.22. The van der Waals surface area contributed by atoms with E-state index in [1.807, 2.05) is 30.3 Å². The van der Waals surface area contributed by atoms with E-state index in [0.717, 1.165) is 31.5 Å². The highest BCUT2D eigenvalue weighted by molar-refractivity contribution is 5.76. The molecule has 0 spiro atoms. The fourth-order valence-corrected chi connectivity index (χ4v) is 2.18. The Morgan fingerprint density at radius 2 is 2.53 bits per heavy atom. The average molecular weight is 233 g/mol. The summed E-state index contributed by atoms with van der Waals surface area (Å²) in [4.78, 5) is 18.0. The van der Waals surface area contributed by atoms with Gasteiger partial charge in [0, 0.05) is 37.9 Å². The summed E-state index contributed by atoms with van der Waals surface area (Å²) in [5.74, 6) is 0.256. The number of rotatable bonds is 4. The molecule has 1 aliphatic heterocycles. The minimum absolute atomic E-state index is 0.256. The lowest BCUT2D eigenvalue weighted by atomic mass is 10.1. The number of hydrogen-bond donors (Lipinski definition) is 1. The highest BCUT2D eigenvalue weighted by Gasteiger charge is 2.24. The first-order chi connectivity index (χ1) is 8.29. The topological polar surface area (TPSA) is 45.2 Å². The smallest absolute Gasteiger partial charge is 0.222 e. The second-order valence-electron chi connectivity index (χ2n) is 4.48. The van der Waals surface area contributed by atoms with Crippen LogP contribution >= 0.6 is 0 Å². The molecule has 92 valence electrons. The highest BCUT2D eigenvalue weighted by atomic mass is 16.2. The maximum absolute atomic E-state index is 12.0. The molecule has 17 heavy (non-hydrogen) atoms. The molecule has 1 atom stereocenters. The number of nitrogens with zero attached hydrogens (tertiary/aromatic N) is 2. The van der Waals surface area contributed by atoms with Crippen LogP contribution in [-0.4, -0.2) is 42.0 Å². The van der Waals surface area contributed by atoms with Crippen LogP contribution in [0, 0.1) is 0 Å². The Labute approximate surface area is 102 Å². The molecule has 1 N–H and O–H groups in total. The summed E-state index contributed by atoms with van der Waals surface area (Å²) in [6, 6.07) is 4.39. The van der Waals surface area contributed by atoms with Crippen LogP contribution in [0.2, 0.25) is 0 Å². The molecule has 1 aromatic rings. The molecule has 1 aliphatic rings. The molecule has 0 bridgehead atoms. The Bertz CT molecular complexity index is 366. The maximum atomic E-state index is 12.0. The standard InChI is InChI=1S/C13H19N3O/c1-14-12-6-8-16(10-12)13(17)5-4-11-3-2-7-15-9-11/h2-3,7,9,12,14H,4-6,8,10H2,1H3. The van der Waals surface area contributed by atoms with Crippen molar-refractivity contribution in [1.82, 2.24) is 15.2 Å². The van der Waals surface area contributed by atoms with Crippen LogP contribution in [-0.2, 0) is 11.2 Å². The number of nitrogens with one attached hydrogen (secondary N) is 1. The van der Waals surface area contributed by atoms with Crippen LogP contribution in [0.15, 0.2) is 24.5 Å². The first kappa shape index (κ1) is 12.0. The molecule has 1 saturated heterocycles. The third-order valence-corrected chi connectivity index (χ3v) is 3.30. The number of hydrogen-bond acceptors (Lipinski definition) is 3. The van der Waals surface area contributed by atoms with Gasteiger partial charge >= 0.3 is 0 Å². The zero-order valence-electron chi connectivity index (χ0n) is 10.2. The van der Waals surface area contributed by atoms with Crippen molar-refractivity contribution in [2.45, 2.75) is 25.3 Å². The Kier molecular flexibility index (Phi) is 4.09. The van der Waals surface area contributed by atoms with Crippen LogP contribution < -0.4 is 5.32 Å². The number of aromatic nitrogens is 1. The van der Waals surface area contributed by atoms with Gasteiger partial charge in [-0.2, -0.15) is 0 Å². The van der Waals surface area contributed by atoms with Gasteiger partial charge in [-0.15, -0.1) is 0 Å². The summed E-state index contributed by atoms with van der Waals surface area (Å²) in [7, 11) is 1.95. The first-order valence-electron chi connectivity index (χ1n) is 6.13. The number of carbonyl (C=O) groups is 1. The predicted molar refractivity (Wildman–Crippen MR) is 66.6 cm³/mol. The number of pyridine rings is 1. The van der Waals surface area contributed by atoms with Crippen molar-refractivity contribution in [2.24, 2.45) is 0 Å². The summed E-state index contributed by atoms with van der Waals surface area (Å²) in [6.45, 7) is 1.74. The van der Waals surface area contributed by atoms with Gasteiger partial charge in [0.05, 0.1) is 0 Å². The van der Waals surface area contributed by atoms with E-state index in [9.17, 15) is 4.79 Å². The van der Waals surface area contributed by atoms with E-state index in [4.69, 9.17) is 0 Å². The van der Waals surface area contributed by atoms with E-state index in [-0.39, 0.29) is 5.91 Å². The lowest BCUT2D eigenvalue weighted by molar-refractivity contribution is -0.130. The molecule has 4 nitrogen and oxygen atoms in total. The van der Waals surface area contributed by atoms with E-state index >= 15 is 0 Å². The largest absolute Gasteiger partial charge is 0.341 e. The number of likely N-dealkylation sites (tertiary alicyclic amines) is 1. The van der Waals surface area contributed by atoms with Crippen molar-refractivity contribution >= 4 is 5.91 Å². The van der Waals surface area contributed by atoms with Crippen LogP contribution in [0.3, 0.4) is 0 Å². The third-order valence-electron chi connectivity index (χ3n) is 3.30. The van der Waals surface area contributed by atoms with Gasteiger partial charge < -0.3 is 10.2 Å². The molecular formula is C13H19N3O. The van der Waals surface area contributed by atoms with E-state index in [1.54, 1.807) is 6.20 Å². The van der Waals surface area contributed by atoms with Crippen LogP contribution in [0.4, 0.5) is 0 Å². The Hall–Kier alpha value is -1.42. The fraction of sp³-hybridized carbons (Fsp3) is 0.538. The van der Waals surface area contributed by atoms with Gasteiger partial charge in [-0.1, -0.05) is 6.07 Å². The van der Waals surface area contributed by atoms with Crippen molar-refractivity contribution < 1.29 is 4.79 Å². The number of likely N-dealkylation sites (N-methyl/N-ethyl adjacent to an activating group) is 1. The molecule has 1 aromatic heterocycles. The Morgan fingerprint density at radius 1 is 1.65 bits per heavy atom. The van der Waals surface area contributed by atoms with Gasteiger partial charge in [0.25, 0.3) is 0 Å². The Balaban J connectivity index is 1.78. The monoisotopic (exact) mass is 233 g/mol. The first-order valence-corrected chi connectivity index (χ1v) is 6.13. The van der Waals surface area contributed by atoms with Gasteiger partial charge in [-0.25, -0.2) is 0 Å². The van der Waals surface area contributed by atoms with Crippen LogP contribution in [0.5, 0.6) is 0 Å². The van der Waals surface area contributed by atoms with Crippen molar-refractivity contribution in [1.29, 1.82) is 0 Å². The second-order valence-corrected chi connectivity index (χ2v) is 4.48. The molecule has 1 amide bonds. The van der Waals surface area contributed by atoms with Gasteiger partial charge in [0.15, 0.2) is 0 Å². The summed E-state index contributed by atoms with van der Waals surface area (Å²) in [5.41, 5.74) is 1.13. The van der Waals surface area contributed by atoms with Crippen LogP contribution in [0.25, 0.3) is 0 Å². The zero-order valence-corrected chi connectivity index (χ0v) is 10.2. The molecule has 4 heteroatoms. The number of carbonyl (C=O) groups excluding carboxylic acids is 1. The summed E-state index contributed by atoms with van der Waals surface area (Å²) >= 11 is 0. The lowest BCUT2D eigenvalue weighted by Gasteiger charge is -2.16. The molecule has 2 rings (SSSR count). The predicted octanol–water partition coefficient (Wildman–Crippen LogP) is 0.834. The summed E-state index contributed by atoms with van der Waals surface area (Å²) < 4.78 is 0. The second kappa shape index (κ2) is 5.77. The molecule has 0 radical (unpaired) electrons. The van der Waals surface area contributed by atoms with Crippen molar-refractivity contribution in [3.63, 3.8) is 0 Å². The van der Waals surface area contributed by atoms with Crippen molar-refractivity contribution in [3.8, 4) is 0 Å². The molecule has 1 unspecified atom stereocenters. The van der Waals surface area contributed by atoms with E-state index < -0.39 is 0 Å². The van der Waals surface area contributed by atoms with Crippen molar-refractivity contribution in [2.75, 3.05) is 20.1 Å². The average Bonchev–Trinajstić information content (AvgIpc) is 2.86. The number of aryl methyl sites for hydroxylation is 1. The SMILES string of the molecule is CNC1CCN(C(=O)CCc2cccnc2)C1. The highest BCUT2D eigenvalue weighted by Crippen LogP contribution is 2.11. The fourth-order valence-electron chi connectivity index (χ4n) is 2.18. The van der Waals surface area contributed by atoms with Gasteiger partial charge in [0.2, 0.25) is 5.91 Å². The van der Waals surface area contributed by atoms with E-state index in [2.05, 4.69) is 10.3 Å². The van der Waals surface area contributed by atoms with Crippen LogP contribution in [0.1, 0.15) is 18.4 Å². The van der Waals surface area contributed by atoms with Gasteiger partial charge in [0.1, 0.15) is 0 Å². The minimum Gasteiger partial charge on any atom is -0.341 e. The molecule has 0 aromatic carbocycles. The zero-order chi connectivity index (χ0) is 12.1. The quantitative estimate of drug-likeness (QED) is 0.838. The Morgan fingerprint density at radius 3 is 3.18 bits per heavy atom. The summed E-state index contributed by atoms with van der Waals surface area (Å²) in [6.07, 6.45) is 6.02. The lowest BCUT2D eigenvalue weighted by Crippen LogP contribution is -2.33. The molecule has 1 fully saturated rings. The van der Waals surface area contributed by atoms with Crippen molar-refractivity contribution in [3.05, 3.63) is 30.1 Å². The molecular weight excluding hydrogens is 214 g/mol. The molecule has 2 heterocycles. The minimum atomic E-state index is 0.256. The van der Waals surface area contributed by atoms with E-state index in [1.165, 1.54) is 0 Å². The van der Waals surface area contributed by atoms with E-state index in [0.29, 0.717) is 12.5 Å². The number of amides is 1. The van der Waals surface area contributed by atoms with Gasteiger partial charge in [-0.3, -0.25) is 9.78 Å². The maximum Gasteiger partial charge on any atom is 0.222 e.